The number of esters is 1. The van der Waals surface area contributed by atoms with Gasteiger partial charge in [-0.1, -0.05) is 12.5 Å². The van der Waals surface area contributed by atoms with E-state index in [2.05, 4.69) is 0 Å². The van der Waals surface area contributed by atoms with E-state index in [-0.39, 0.29) is 0 Å². The Balaban J connectivity index is 3.46. The predicted molar refractivity (Wildman–Crippen MR) is 51.7 cm³/mol. The molecule has 1 N–H and O–H groups in total. The molecule has 0 atom stereocenters. The van der Waals surface area contributed by atoms with Crippen LogP contribution >= 0.6 is 0 Å². The number of aliphatic carboxylic acids is 1. The summed E-state index contributed by atoms with van der Waals surface area (Å²) in [5.74, 6) is -1.73. The van der Waals surface area contributed by atoms with Crippen molar-refractivity contribution in [3.05, 3.63) is 12.2 Å². The monoisotopic (exact) mass is 202 g/mol. The van der Waals surface area contributed by atoms with E-state index in [1.165, 1.54) is 16.3 Å². The van der Waals surface area contributed by atoms with Crippen molar-refractivity contribution in [1.29, 1.82) is 0 Å². The van der Waals surface area contributed by atoms with Crippen LogP contribution in [0.5, 0.6) is 0 Å². The van der Waals surface area contributed by atoms with Gasteiger partial charge >= 0.3 is 11.9 Å². The molecule has 0 amide bonds. The Morgan fingerprint density at radius 2 is 2.00 bits per heavy atom. The molecule has 4 nitrogen and oxygen atoms in total. The van der Waals surface area contributed by atoms with Crippen molar-refractivity contribution in [3.8, 4) is 0 Å². The molecule has 13 heavy (non-hydrogen) atoms. The van der Waals surface area contributed by atoms with E-state index in [4.69, 9.17) is 9.84 Å². The van der Waals surface area contributed by atoms with E-state index in [0.717, 1.165) is 25.0 Å². The zero-order valence-electron chi connectivity index (χ0n) is 7.66. The summed E-state index contributed by atoms with van der Waals surface area (Å²) in [6.45, 7) is 0.380. The first kappa shape index (κ1) is 11.9. The Hall–Kier alpha value is -1.10. The van der Waals surface area contributed by atoms with Crippen molar-refractivity contribution in [2.75, 3.05) is 6.61 Å². The fraction of sp³-hybridized carbons (Fsp3) is 0.500. The fourth-order valence-corrected chi connectivity index (χ4v) is 1.21. The molecule has 0 aromatic heterocycles. The molecule has 0 unspecified atom stereocenters. The first-order chi connectivity index (χ1) is 6.16. The average molecular weight is 202 g/mol. The van der Waals surface area contributed by atoms with Crippen molar-refractivity contribution >= 4 is 22.2 Å². The number of ether oxygens (including phenoxy) is 1. The third-order valence-corrected chi connectivity index (χ3v) is 2.06. The molecule has 0 spiro atoms. The molecule has 0 saturated carbocycles. The molecular weight excluding hydrogens is 188 g/mol. The van der Waals surface area contributed by atoms with E-state index >= 15 is 0 Å². The first-order valence-electron chi connectivity index (χ1n) is 4.24. The second kappa shape index (κ2) is 7.54. The molecule has 0 aliphatic heterocycles. The summed E-state index contributed by atoms with van der Waals surface area (Å²) < 4.78 is 4.72. The van der Waals surface area contributed by atoms with Crippen LogP contribution in [0.3, 0.4) is 0 Å². The van der Waals surface area contributed by atoms with Crippen LogP contribution in [0.25, 0.3) is 0 Å². The van der Waals surface area contributed by atoms with E-state index in [1.54, 1.807) is 0 Å². The van der Waals surface area contributed by atoms with Crippen LogP contribution in [0.2, 0.25) is 6.04 Å². The van der Waals surface area contributed by atoms with Gasteiger partial charge in [0.05, 0.1) is 6.61 Å². The molecule has 0 fully saturated rings. The summed E-state index contributed by atoms with van der Waals surface area (Å²) in [6.07, 6.45) is 3.62. The molecule has 5 heteroatoms. The molecule has 0 heterocycles. The van der Waals surface area contributed by atoms with Crippen LogP contribution in [0.15, 0.2) is 12.2 Å². The minimum absolute atomic E-state index is 0.380. The first-order valence-corrected chi connectivity index (χ1v) is 5.66. The maximum Gasteiger partial charge on any atom is 0.331 e. The Bertz CT molecular complexity index is 200. The number of hydrogen-bond donors (Lipinski definition) is 1. The lowest BCUT2D eigenvalue weighted by atomic mass is 10.3. The minimum Gasteiger partial charge on any atom is -0.478 e. The number of carbonyl (C=O) groups is 2. The van der Waals surface area contributed by atoms with Gasteiger partial charge < -0.3 is 9.84 Å². The lowest BCUT2D eigenvalue weighted by Gasteiger charge is -1.99. The summed E-state index contributed by atoms with van der Waals surface area (Å²) in [5, 5.41) is 8.18. The summed E-state index contributed by atoms with van der Waals surface area (Å²) >= 11 is 0. The molecule has 0 aliphatic carbocycles. The Morgan fingerprint density at radius 1 is 1.31 bits per heavy atom. The van der Waals surface area contributed by atoms with Crippen molar-refractivity contribution in [1.82, 2.24) is 0 Å². The average Bonchev–Trinajstić information content (AvgIpc) is 2.09. The molecular formula is C8H14O4Si. The third-order valence-electron chi connectivity index (χ3n) is 1.35. The summed E-state index contributed by atoms with van der Waals surface area (Å²) in [7, 11) is 1.17. The van der Waals surface area contributed by atoms with Gasteiger partial charge in [0.15, 0.2) is 0 Å². The highest BCUT2D eigenvalue weighted by Crippen LogP contribution is 1.93. The van der Waals surface area contributed by atoms with E-state index in [1.807, 2.05) is 0 Å². The van der Waals surface area contributed by atoms with Crippen molar-refractivity contribution in [2.45, 2.75) is 18.9 Å². The standard InChI is InChI=1S/C8H14O4Si/c9-7(10)3-4-8(11)12-5-1-2-6-13/h3-4H,1-2,5-6H2,13H3,(H,9,10)/b4-3+. The quantitative estimate of drug-likeness (QED) is 0.279. The number of unbranched alkanes of at least 4 members (excludes halogenated alkanes) is 1. The lowest BCUT2D eigenvalue weighted by molar-refractivity contribution is -0.138. The van der Waals surface area contributed by atoms with Gasteiger partial charge in [-0.15, -0.1) is 0 Å². The van der Waals surface area contributed by atoms with E-state index in [0.29, 0.717) is 6.61 Å². The fourth-order valence-electron chi connectivity index (χ4n) is 0.712. The van der Waals surface area contributed by atoms with Gasteiger partial charge in [0.1, 0.15) is 0 Å². The highest BCUT2D eigenvalue weighted by atomic mass is 28.1. The Morgan fingerprint density at radius 3 is 2.54 bits per heavy atom. The molecule has 0 aromatic rings. The summed E-state index contributed by atoms with van der Waals surface area (Å²) in [5.41, 5.74) is 0. The van der Waals surface area contributed by atoms with Gasteiger partial charge in [-0.05, 0) is 6.42 Å². The summed E-state index contributed by atoms with van der Waals surface area (Å²) in [4.78, 5) is 20.7. The second-order valence-corrected chi connectivity index (χ2v) is 3.55. The minimum atomic E-state index is -1.14. The van der Waals surface area contributed by atoms with Crippen LogP contribution < -0.4 is 0 Å². The Labute approximate surface area is 80.0 Å². The van der Waals surface area contributed by atoms with Gasteiger partial charge in [0, 0.05) is 22.4 Å². The van der Waals surface area contributed by atoms with Gasteiger partial charge in [0.25, 0.3) is 0 Å². The van der Waals surface area contributed by atoms with Crippen LogP contribution in [0.4, 0.5) is 0 Å². The number of rotatable bonds is 6. The maximum absolute atomic E-state index is 10.7. The Kier molecular flexibility index (Phi) is 6.90. The zero-order chi connectivity index (χ0) is 10.1. The number of carboxylic acids is 1. The molecule has 0 saturated heterocycles. The SMILES string of the molecule is O=C(O)/C=C/C(=O)OCCCC[SiH3]. The maximum atomic E-state index is 10.7. The van der Waals surface area contributed by atoms with E-state index < -0.39 is 11.9 Å². The highest BCUT2D eigenvalue weighted by molar-refractivity contribution is 6.08. The molecule has 0 radical (unpaired) electrons. The predicted octanol–water partition coefficient (Wildman–Crippen LogP) is -0.266. The lowest BCUT2D eigenvalue weighted by Crippen LogP contribution is -2.03. The number of carboxylic acid groups (broad SMARTS) is 1. The number of carbonyl (C=O) groups excluding carboxylic acids is 1. The highest BCUT2D eigenvalue weighted by Gasteiger charge is 1.97. The van der Waals surface area contributed by atoms with Crippen molar-refractivity contribution in [3.63, 3.8) is 0 Å². The van der Waals surface area contributed by atoms with Gasteiger partial charge in [-0.2, -0.15) is 0 Å². The van der Waals surface area contributed by atoms with Crippen LogP contribution in [0, 0.1) is 0 Å². The molecule has 0 aliphatic rings. The summed E-state index contributed by atoms with van der Waals surface area (Å²) in [6, 6.07) is 1.20. The zero-order valence-corrected chi connectivity index (χ0v) is 9.66. The number of hydrogen-bond acceptors (Lipinski definition) is 3. The smallest absolute Gasteiger partial charge is 0.331 e. The van der Waals surface area contributed by atoms with E-state index in [9.17, 15) is 9.59 Å². The van der Waals surface area contributed by atoms with Gasteiger partial charge in [0.2, 0.25) is 0 Å². The van der Waals surface area contributed by atoms with Crippen molar-refractivity contribution in [2.24, 2.45) is 0 Å². The largest absolute Gasteiger partial charge is 0.478 e. The third kappa shape index (κ3) is 8.81. The van der Waals surface area contributed by atoms with Gasteiger partial charge in [-0.3, -0.25) is 0 Å². The molecule has 0 bridgehead atoms. The van der Waals surface area contributed by atoms with Crippen molar-refractivity contribution < 1.29 is 19.4 Å². The molecule has 0 aromatic carbocycles. The van der Waals surface area contributed by atoms with Crippen LogP contribution in [-0.2, 0) is 14.3 Å². The van der Waals surface area contributed by atoms with Crippen LogP contribution in [-0.4, -0.2) is 33.9 Å². The topological polar surface area (TPSA) is 63.6 Å². The molecule has 0 rings (SSSR count). The van der Waals surface area contributed by atoms with Crippen LogP contribution in [0.1, 0.15) is 12.8 Å². The van der Waals surface area contributed by atoms with Gasteiger partial charge in [-0.25, -0.2) is 9.59 Å². The second-order valence-electron chi connectivity index (χ2n) is 2.55. The molecule has 74 valence electrons. The normalized spacial score (nSPS) is 10.5.